The summed E-state index contributed by atoms with van der Waals surface area (Å²) in [5, 5.41) is 0. The minimum absolute atomic E-state index is 0.705. The maximum absolute atomic E-state index is 11.1. The van der Waals surface area contributed by atoms with Gasteiger partial charge in [0.2, 0.25) is 0 Å². The van der Waals surface area contributed by atoms with E-state index < -0.39 is 0 Å². The second kappa shape index (κ2) is 7.32. The predicted molar refractivity (Wildman–Crippen MR) is 83.3 cm³/mol. The Balaban J connectivity index is 0.000000861. The van der Waals surface area contributed by atoms with Gasteiger partial charge in [-0.2, -0.15) is 0 Å². The Morgan fingerprint density at radius 2 is 1.63 bits per heavy atom. The quantitative estimate of drug-likeness (QED) is 0.684. The largest absolute Gasteiger partial charge is 0.298 e. The predicted octanol–water partition coefficient (Wildman–Crippen LogP) is 5.23. The van der Waals surface area contributed by atoms with Crippen LogP contribution in [0.2, 0.25) is 0 Å². The monoisotopic (exact) mass is 252 g/mol. The average molecular weight is 252 g/mol. The Hall–Kier alpha value is -2.15. The first kappa shape index (κ1) is 14.9. The summed E-state index contributed by atoms with van der Waals surface area (Å²) >= 11 is 0. The summed E-state index contributed by atoms with van der Waals surface area (Å²) in [4.78, 5) is 11.1. The number of benzene rings is 2. The van der Waals surface area contributed by atoms with Crippen molar-refractivity contribution in [1.29, 1.82) is 0 Å². The number of rotatable bonds is 3. The van der Waals surface area contributed by atoms with Crippen LogP contribution in [0.4, 0.5) is 0 Å². The maximum Gasteiger partial charge on any atom is 0.150 e. The molecule has 0 atom stereocenters. The Kier molecular flexibility index (Phi) is 5.74. The van der Waals surface area contributed by atoms with Crippen molar-refractivity contribution in [3.63, 3.8) is 0 Å². The minimum atomic E-state index is 0.705. The van der Waals surface area contributed by atoms with Gasteiger partial charge in [0, 0.05) is 5.56 Å². The molecule has 0 amide bonds. The van der Waals surface area contributed by atoms with Crippen molar-refractivity contribution in [3.8, 4) is 11.1 Å². The SMILES string of the molecule is C=C(C)c1cccc(C=O)c1-c1ccccc1.CC. The van der Waals surface area contributed by atoms with Gasteiger partial charge in [0.05, 0.1) is 0 Å². The smallest absolute Gasteiger partial charge is 0.150 e. The summed E-state index contributed by atoms with van der Waals surface area (Å²) in [5.74, 6) is 0. The molecule has 0 aromatic heterocycles. The summed E-state index contributed by atoms with van der Waals surface area (Å²) in [5.41, 5.74) is 4.72. The van der Waals surface area contributed by atoms with Crippen LogP contribution in [-0.2, 0) is 0 Å². The second-order valence-corrected chi connectivity index (χ2v) is 4.03. The molecule has 2 aromatic carbocycles. The van der Waals surface area contributed by atoms with E-state index in [0.29, 0.717) is 5.56 Å². The molecule has 0 aliphatic carbocycles. The van der Waals surface area contributed by atoms with Crippen molar-refractivity contribution in [2.75, 3.05) is 0 Å². The lowest BCUT2D eigenvalue weighted by Crippen LogP contribution is -1.93. The molecule has 0 aliphatic heterocycles. The van der Waals surface area contributed by atoms with Gasteiger partial charge in [-0.1, -0.05) is 74.5 Å². The van der Waals surface area contributed by atoms with Gasteiger partial charge in [-0.25, -0.2) is 0 Å². The van der Waals surface area contributed by atoms with E-state index in [4.69, 9.17) is 0 Å². The number of aldehydes is 1. The third-order valence-corrected chi connectivity index (χ3v) is 2.75. The fourth-order valence-corrected chi connectivity index (χ4v) is 1.95. The summed E-state index contributed by atoms with van der Waals surface area (Å²) in [6.07, 6.45) is 0.898. The summed E-state index contributed by atoms with van der Waals surface area (Å²) in [6, 6.07) is 15.6. The highest BCUT2D eigenvalue weighted by atomic mass is 16.1. The second-order valence-electron chi connectivity index (χ2n) is 4.03. The minimum Gasteiger partial charge on any atom is -0.298 e. The van der Waals surface area contributed by atoms with Crippen LogP contribution in [0.15, 0.2) is 55.1 Å². The van der Waals surface area contributed by atoms with Crippen LogP contribution in [-0.4, -0.2) is 6.29 Å². The van der Waals surface area contributed by atoms with Crippen molar-refractivity contribution in [1.82, 2.24) is 0 Å². The lowest BCUT2D eigenvalue weighted by Gasteiger charge is -2.12. The molecule has 0 saturated heterocycles. The number of allylic oxidation sites excluding steroid dienone is 1. The van der Waals surface area contributed by atoms with Crippen LogP contribution in [0.3, 0.4) is 0 Å². The van der Waals surface area contributed by atoms with E-state index in [-0.39, 0.29) is 0 Å². The molecule has 0 heterocycles. The van der Waals surface area contributed by atoms with Crippen LogP contribution >= 0.6 is 0 Å². The molecule has 1 nitrogen and oxygen atoms in total. The van der Waals surface area contributed by atoms with E-state index in [1.807, 2.05) is 69.3 Å². The highest BCUT2D eigenvalue weighted by molar-refractivity contribution is 5.93. The number of carbonyl (C=O) groups is 1. The lowest BCUT2D eigenvalue weighted by atomic mass is 9.92. The molecule has 0 unspecified atom stereocenters. The molecular weight excluding hydrogens is 232 g/mol. The molecule has 0 N–H and O–H groups in total. The maximum atomic E-state index is 11.1. The molecule has 0 spiro atoms. The Morgan fingerprint density at radius 1 is 1.00 bits per heavy atom. The first-order valence-electron chi connectivity index (χ1n) is 6.53. The van der Waals surface area contributed by atoms with Crippen molar-refractivity contribution < 1.29 is 4.79 Å². The molecule has 2 rings (SSSR count). The Labute approximate surface area is 115 Å². The van der Waals surface area contributed by atoms with Crippen LogP contribution < -0.4 is 0 Å². The highest BCUT2D eigenvalue weighted by Gasteiger charge is 2.10. The highest BCUT2D eigenvalue weighted by Crippen LogP contribution is 2.30. The van der Waals surface area contributed by atoms with E-state index in [2.05, 4.69) is 6.58 Å². The lowest BCUT2D eigenvalue weighted by molar-refractivity contribution is 0.112. The molecule has 19 heavy (non-hydrogen) atoms. The number of carbonyl (C=O) groups excluding carboxylic acids is 1. The number of hydrogen-bond donors (Lipinski definition) is 0. The fraction of sp³-hybridized carbons (Fsp3) is 0.167. The van der Waals surface area contributed by atoms with Crippen LogP contribution in [0.5, 0.6) is 0 Å². The van der Waals surface area contributed by atoms with E-state index in [1.54, 1.807) is 0 Å². The topological polar surface area (TPSA) is 17.1 Å². The standard InChI is InChI=1S/C16H14O.C2H6/c1-12(2)15-10-6-9-14(11-17)16(15)13-7-4-3-5-8-13;1-2/h3-11H,1H2,2H3;1-2H3. The van der Waals surface area contributed by atoms with E-state index >= 15 is 0 Å². The molecule has 0 saturated carbocycles. The van der Waals surface area contributed by atoms with Gasteiger partial charge in [-0.3, -0.25) is 4.79 Å². The van der Waals surface area contributed by atoms with E-state index in [9.17, 15) is 4.79 Å². The van der Waals surface area contributed by atoms with Crippen LogP contribution in [0, 0.1) is 0 Å². The van der Waals surface area contributed by atoms with Crippen molar-refractivity contribution in [3.05, 3.63) is 66.2 Å². The molecule has 0 fully saturated rings. The van der Waals surface area contributed by atoms with Crippen molar-refractivity contribution in [2.24, 2.45) is 0 Å². The molecule has 2 aromatic rings. The summed E-state index contributed by atoms with van der Waals surface area (Å²) < 4.78 is 0. The zero-order chi connectivity index (χ0) is 14.3. The van der Waals surface area contributed by atoms with Gasteiger partial charge in [0.25, 0.3) is 0 Å². The molecular formula is C18H20O. The fourth-order valence-electron chi connectivity index (χ4n) is 1.95. The van der Waals surface area contributed by atoms with Gasteiger partial charge in [0.1, 0.15) is 0 Å². The zero-order valence-electron chi connectivity index (χ0n) is 11.8. The van der Waals surface area contributed by atoms with E-state index in [1.165, 1.54) is 0 Å². The van der Waals surface area contributed by atoms with E-state index in [0.717, 1.165) is 28.5 Å². The summed E-state index contributed by atoms with van der Waals surface area (Å²) in [7, 11) is 0. The molecule has 98 valence electrons. The van der Waals surface area contributed by atoms with Gasteiger partial charge in [-0.05, 0) is 23.6 Å². The van der Waals surface area contributed by atoms with Crippen LogP contribution in [0.1, 0.15) is 36.7 Å². The van der Waals surface area contributed by atoms with Gasteiger partial charge < -0.3 is 0 Å². The third-order valence-electron chi connectivity index (χ3n) is 2.75. The normalized spacial score (nSPS) is 9.21. The molecule has 0 aliphatic rings. The molecule has 1 heteroatoms. The van der Waals surface area contributed by atoms with Crippen molar-refractivity contribution >= 4 is 11.9 Å². The van der Waals surface area contributed by atoms with Gasteiger partial charge in [-0.15, -0.1) is 0 Å². The Bertz CT molecular complexity index is 553. The zero-order valence-corrected chi connectivity index (χ0v) is 11.8. The molecule has 0 bridgehead atoms. The summed E-state index contributed by atoms with van der Waals surface area (Å²) in [6.45, 7) is 9.93. The van der Waals surface area contributed by atoms with Gasteiger partial charge >= 0.3 is 0 Å². The molecule has 0 radical (unpaired) electrons. The van der Waals surface area contributed by atoms with Gasteiger partial charge in [0.15, 0.2) is 6.29 Å². The van der Waals surface area contributed by atoms with Crippen LogP contribution in [0.25, 0.3) is 16.7 Å². The number of hydrogen-bond acceptors (Lipinski definition) is 1. The first-order valence-corrected chi connectivity index (χ1v) is 6.53. The Morgan fingerprint density at radius 3 is 2.16 bits per heavy atom. The van der Waals surface area contributed by atoms with Crippen molar-refractivity contribution in [2.45, 2.75) is 20.8 Å². The first-order chi connectivity index (χ1) is 9.24. The third kappa shape index (κ3) is 3.41. The average Bonchev–Trinajstić information content (AvgIpc) is 2.49.